The van der Waals surface area contributed by atoms with E-state index in [1.54, 1.807) is 0 Å². The largest absolute Gasteiger partial charge is 0.505 e. The summed E-state index contributed by atoms with van der Waals surface area (Å²) in [5, 5.41) is 8.75. The molecule has 2 nitrogen and oxygen atoms in total. The Kier molecular flexibility index (Phi) is 2.28. The van der Waals surface area contributed by atoms with Gasteiger partial charge in [0.25, 0.3) is 0 Å². The van der Waals surface area contributed by atoms with Crippen molar-refractivity contribution in [2.75, 3.05) is 0 Å². The van der Waals surface area contributed by atoms with Crippen LogP contribution in [0.2, 0.25) is 0 Å². The third-order valence-corrected chi connectivity index (χ3v) is 1.58. The molecule has 0 saturated heterocycles. The molecule has 1 atom stereocenters. The van der Waals surface area contributed by atoms with Crippen molar-refractivity contribution < 1.29 is 13.9 Å². The van der Waals surface area contributed by atoms with Gasteiger partial charge in [-0.05, 0) is 13.0 Å². The first-order valence-electron chi connectivity index (χ1n) is 3.46. The van der Waals surface area contributed by atoms with Crippen LogP contribution in [0.25, 0.3) is 0 Å². The Balaban J connectivity index is 3.27. The van der Waals surface area contributed by atoms with Crippen LogP contribution in [0, 0.1) is 11.6 Å². The van der Waals surface area contributed by atoms with Crippen LogP contribution in [0.1, 0.15) is 18.5 Å². The standard InChI is InChI=1S/C8H9F2NO/c1-4(11)5-2-3-6(12)8(10)7(5)9/h2-4,12H,11H2,1H3. The van der Waals surface area contributed by atoms with Crippen LogP contribution in [-0.2, 0) is 0 Å². The summed E-state index contributed by atoms with van der Waals surface area (Å²) >= 11 is 0. The number of halogens is 2. The van der Waals surface area contributed by atoms with Crippen molar-refractivity contribution in [2.45, 2.75) is 13.0 Å². The van der Waals surface area contributed by atoms with Gasteiger partial charge in [0.05, 0.1) is 0 Å². The Hall–Kier alpha value is -1.16. The Bertz CT molecular complexity index is 299. The van der Waals surface area contributed by atoms with Gasteiger partial charge in [0, 0.05) is 11.6 Å². The number of phenolic OH excluding ortho intramolecular Hbond substituents is 1. The van der Waals surface area contributed by atoms with Crippen LogP contribution in [0.3, 0.4) is 0 Å². The van der Waals surface area contributed by atoms with Gasteiger partial charge in [-0.15, -0.1) is 0 Å². The molecule has 0 spiro atoms. The SMILES string of the molecule is CC(N)c1ccc(O)c(F)c1F. The fourth-order valence-electron chi connectivity index (χ4n) is 0.906. The van der Waals surface area contributed by atoms with Gasteiger partial charge in [0.1, 0.15) is 0 Å². The summed E-state index contributed by atoms with van der Waals surface area (Å²) < 4.78 is 25.6. The number of nitrogens with two attached hydrogens (primary N) is 1. The first-order valence-corrected chi connectivity index (χ1v) is 3.46. The molecule has 3 N–H and O–H groups in total. The number of rotatable bonds is 1. The highest BCUT2D eigenvalue weighted by Crippen LogP contribution is 2.23. The van der Waals surface area contributed by atoms with E-state index in [9.17, 15) is 8.78 Å². The second-order valence-corrected chi connectivity index (χ2v) is 2.59. The molecule has 4 heteroatoms. The molecular weight excluding hydrogens is 164 g/mol. The van der Waals surface area contributed by atoms with Gasteiger partial charge >= 0.3 is 0 Å². The van der Waals surface area contributed by atoms with Gasteiger partial charge in [0.15, 0.2) is 11.6 Å². The average Bonchev–Trinajstić information content (AvgIpc) is 2.00. The topological polar surface area (TPSA) is 46.2 Å². The second kappa shape index (κ2) is 3.06. The molecule has 1 rings (SSSR count). The molecule has 0 saturated carbocycles. The molecule has 12 heavy (non-hydrogen) atoms. The lowest BCUT2D eigenvalue weighted by Crippen LogP contribution is -2.08. The molecule has 1 aromatic carbocycles. The minimum absolute atomic E-state index is 0.0605. The molecule has 0 fully saturated rings. The maximum absolute atomic E-state index is 12.9. The average molecular weight is 173 g/mol. The fourth-order valence-corrected chi connectivity index (χ4v) is 0.906. The molecule has 0 heterocycles. The highest BCUT2D eigenvalue weighted by Gasteiger charge is 2.14. The number of hydrogen-bond donors (Lipinski definition) is 2. The van der Waals surface area contributed by atoms with E-state index in [1.807, 2.05) is 0 Å². The Morgan fingerprint density at radius 2 is 1.92 bits per heavy atom. The van der Waals surface area contributed by atoms with Crippen LogP contribution in [0.15, 0.2) is 12.1 Å². The van der Waals surface area contributed by atoms with Crippen molar-refractivity contribution in [1.29, 1.82) is 0 Å². The lowest BCUT2D eigenvalue weighted by atomic mass is 10.1. The quantitative estimate of drug-likeness (QED) is 0.678. The van der Waals surface area contributed by atoms with E-state index < -0.39 is 23.4 Å². The van der Waals surface area contributed by atoms with Crippen molar-refractivity contribution in [3.8, 4) is 5.75 Å². The van der Waals surface area contributed by atoms with Crippen molar-refractivity contribution in [1.82, 2.24) is 0 Å². The highest BCUT2D eigenvalue weighted by molar-refractivity contribution is 5.31. The van der Waals surface area contributed by atoms with Crippen molar-refractivity contribution in [2.24, 2.45) is 5.73 Å². The Morgan fingerprint density at radius 1 is 1.33 bits per heavy atom. The van der Waals surface area contributed by atoms with Gasteiger partial charge in [0.2, 0.25) is 5.82 Å². The van der Waals surface area contributed by atoms with Crippen LogP contribution in [-0.4, -0.2) is 5.11 Å². The molecular formula is C8H9F2NO. The minimum atomic E-state index is -1.25. The number of benzene rings is 1. The monoisotopic (exact) mass is 173 g/mol. The summed E-state index contributed by atoms with van der Waals surface area (Å²) in [6, 6.07) is 1.76. The summed E-state index contributed by atoms with van der Waals surface area (Å²) in [6.07, 6.45) is 0. The summed E-state index contributed by atoms with van der Waals surface area (Å²) in [5.41, 5.74) is 5.41. The molecule has 0 aliphatic carbocycles. The predicted molar refractivity (Wildman–Crippen MR) is 40.6 cm³/mol. The summed E-state index contributed by atoms with van der Waals surface area (Å²) in [4.78, 5) is 0. The van der Waals surface area contributed by atoms with Gasteiger partial charge in [-0.25, -0.2) is 4.39 Å². The summed E-state index contributed by atoms with van der Waals surface area (Å²) in [5.74, 6) is -3.02. The van der Waals surface area contributed by atoms with E-state index in [0.29, 0.717) is 0 Å². The zero-order valence-corrected chi connectivity index (χ0v) is 6.51. The molecule has 1 aromatic rings. The number of aromatic hydroxyl groups is 1. The smallest absolute Gasteiger partial charge is 0.200 e. The predicted octanol–water partition coefficient (Wildman–Crippen LogP) is 1.69. The first-order chi connectivity index (χ1) is 5.54. The maximum atomic E-state index is 12.9. The highest BCUT2D eigenvalue weighted by atomic mass is 19.2. The molecule has 0 aliphatic heterocycles. The molecule has 0 radical (unpaired) electrons. The van der Waals surface area contributed by atoms with Crippen molar-refractivity contribution in [3.05, 3.63) is 29.3 Å². The molecule has 0 aliphatic rings. The normalized spacial score (nSPS) is 13.0. The zero-order valence-electron chi connectivity index (χ0n) is 6.51. The first kappa shape index (κ1) is 8.93. The van der Waals surface area contributed by atoms with Crippen LogP contribution in [0.5, 0.6) is 5.75 Å². The van der Waals surface area contributed by atoms with Crippen LogP contribution >= 0.6 is 0 Å². The van der Waals surface area contributed by atoms with Crippen LogP contribution < -0.4 is 5.73 Å². The van der Waals surface area contributed by atoms with E-state index in [-0.39, 0.29) is 5.56 Å². The number of phenols is 1. The fraction of sp³-hybridized carbons (Fsp3) is 0.250. The Labute approximate surface area is 68.6 Å². The van der Waals surface area contributed by atoms with Crippen LogP contribution in [0.4, 0.5) is 8.78 Å². The molecule has 0 amide bonds. The lowest BCUT2D eigenvalue weighted by Gasteiger charge is -2.07. The van der Waals surface area contributed by atoms with Gasteiger partial charge in [-0.2, -0.15) is 4.39 Å². The van der Waals surface area contributed by atoms with Gasteiger partial charge in [-0.1, -0.05) is 6.07 Å². The van der Waals surface area contributed by atoms with Gasteiger partial charge < -0.3 is 10.8 Å². The molecule has 66 valence electrons. The minimum Gasteiger partial charge on any atom is -0.505 e. The third kappa shape index (κ3) is 1.38. The second-order valence-electron chi connectivity index (χ2n) is 2.59. The van der Waals surface area contributed by atoms with Crippen molar-refractivity contribution in [3.63, 3.8) is 0 Å². The number of hydrogen-bond acceptors (Lipinski definition) is 2. The van der Waals surface area contributed by atoms with E-state index in [4.69, 9.17) is 10.8 Å². The van der Waals surface area contributed by atoms with Gasteiger partial charge in [-0.3, -0.25) is 0 Å². The maximum Gasteiger partial charge on any atom is 0.200 e. The van der Waals surface area contributed by atoms with E-state index in [0.717, 1.165) is 6.07 Å². The summed E-state index contributed by atoms with van der Waals surface area (Å²) in [6.45, 7) is 1.54. The molecule has 1 unspecified atom stereocenters. The molecule has 0 bridgehead atoms. The van der Waals surface area contributed by atoms with E-state index in [1.165, 1.54) is 13.0 Å². The lowest BCUT2D eigenvalue weighted by molar-refractivity contribution is 0.402. The van der Waals surface area contributed by atoms with E-state index >= 15 is 0 Å². The molecule has 0 aromatic heterocycles. The van der Waals surface area contributed by atoms with E-state index in [2.05, 4.69) is 0 Å². The zero-order chi connectivity index (χ0) is 9.30. The third-order valence-electron chi connectivity index (χ3n) is 1.58. The Morgan fingerprint density at radius 3 is 2.42 bits per heavy atom. The van der Waals surface area contributed by atoms with Crippen molar-refractivity contribution >= 4 is 0 Å². The summed E-state index contributed by atoms with van der Waals surface area (Å²) in [7, 11) is 0.